The Morgan fingerprint density at radius 1 is 1.48 bits per heavy atom. The fraction of sp³-hybridized carbons (Fsp3) is 0.692. The van der Waals surface area contributed by atoms with Crippen LogP contribution in [-0.4, -0.2) is 61.6 Å². The standard InChI is InChI=1S/C13H27N5O2S/c1-11(15)8-12(17-9-19)13(20)16-5-3-6-18(7-4-14)10-21-2/h9,12H,1,3-8,10,14-15H2,2H3,(H,16,20)(H,17,19)/t12-/m0/s1. The first kappa shape index (κ1) is 19.8. The smallest absolute Gasteiger partial charge is 0.242 e. The van der Waals surface area contributed by atoms with Gasteiger partial charge in [0.05, 0.1) is 0 Å². The van der Waals surface area contributed by atoms with Crippen molar-refractivity contribution in [2.24, 2.45) is 11.5 Å². The lowest BCUT2D eigenvalue weighted by atomic mass is 10.1. The number of amides is 2. The largest absolute Gasteiger partial charge is 0.402 e. The van der Waals surface area contributed by atoms with Crippen LogP contribution >= 0.6 is 11.8 Å². The van der Waals surface area contributed by atoms with Crippen molar-refractivity contribution < 1.29 is 9.59 Å². The molecule has 0 radical (unpaired) electrons. The molecule has 8 heteroatoms. The number of rotatable bonds is 13. The van der Waals surface area contributed by atoms with Crippen LogP contribution in [0.5, 0.6) is 0 Å². The van der Waals surface area contributed by atoms with Gasteiger partial charge in [-0.05, 0) is 12.7 Å². The molecule has 7 nitrogen and oxygen atoms in total. The third-order valence-corrected chi connectivity index (χ3v) is 3.38. The third-order valence-electron chi connectivity index (χ3n) is 2.76. The van der Waals surface area contributed by atoms with Crippen molar-refractivity contribution in [2.75, 3.05) is 38.3 Å². The van der Waals surface area contributed by atoms with E-state index in [4.69, 9.17) is 11.5 Å². The quantitative estimate of drug-likeness (QED) is 0.198. The number of nitrogens with two attached hydrogens (primary N) is 2. The van der Waals surface area contributed by atoms with Crippen LogP contribution in [0, 0.1) is 0 Å². The van der Waals surface area contributed by atoms with Gasteiger partial charge in [-0.1, -0.05) is 6.58 Å². The molecule has 2 amide bonds. The van der Waals surface area contributed by atoms with E-state index in [1.807, 2.05) is 6.26 Å². The lowest BCUT2D eigenvalue weighted by Gasteiger charge is -2.21. The van der Waals surface area contributed by atoms with Crippen LogP contribution in [0.2, 0.25) is 0 Å². The average Bonchev–Trinajstić information content (AvgIpc) is 2.42. The minimum atomic E-state index is -0.661. The average molecular weight is 317 g/mol. The van der Waals surface area contributed by atoms with Crippen molar-refractivity contribution >= 4 is 24.1 Å². The molecule has 0 aliphatic heterocycles. The zero-order chi connectivity index (χ0) is 16.1. The van der Waals surface area contributed by atoms with Gasteiger partial charge in [-0.2, -0.15) is 0 Å². The first-order valence-corrected chi connectivity index (χ1v) is 8.26. The van der Waals surface area contributed by atoms with Crippen LogP contribution in [0.25, 0.3) is 0 Å². The Morgan fingerprint density at radius 3 is 2.71 bits per heavy atom. The lowest BCUT2D eigenvalue weighted by Crippen LogP contribution is -2.45. The molecule has 1 atom stereocenters. The van der Waals surface area contributed by atoms with E-state index in [9.17, 15) is 9.59 Å². The molecule has 0 aromatic rings. The van der Waals surface area contributed by atoms with E-state index in [2.05, 4.69) is 22.1 Å². The Balaban J connectivity index is 4.03. The zero-order valence-electron chi connectivity index (χ0n) is 12.6. The second kappa shape index (κ2) is 12.5. The molecule has 0 aliphatic carbocycles. The molecular formula is C13H27N5O2S. The number of carbonyl (C=O) groups excluding carboxylic acids is 2. The number of carbonyl (C=O) groups is 2. The molecule has 122 valence electrons. The van der Waals surface area contributed by atoms with Gasteiger partial charge >= 0.3 is 0 Å². The number of hydrogen-bond donors (Lipinski definition) is 4. The summed E-state index contributed by atoms with van der Waals surface area (Å²) >= 11 is 1.74. The molecule has 0 unspecified atom stereocenters. The summed E-state index contributed by atoms with van der Waals surface area (Å²) in [6.45, 7) is 6.42. The molecule has 0 aromatic heterocycles. The maximum atomic E-state index is 11.9. The van der Waals surface area contributed by atoms with Gasteiger partial charge in [0.2, 0.25) is 12.3 Å². The molecule has 0 saturated carbocycles. The van der Waals surface area contributed by atoms with Crippen LogP contribution < -0.4 is 22.1 Å². The number of nitrogens with one attached hydrogen (secondary N) is 2. The second-order valence-electron chi connectivity index (χ2n) is 4.67. The molecule has 0 aromatic carbocycles. The fourth-order valence-corrected chi connectivity index (χ4v) is 2.44. The van der Waals surface area contributed by atoms with Crippen LogP contribution in [0.4, 0.5) is 0 Å². The summed E-state index contributed by atoms with van der Waals surface area (Å²) in [5, 5.41) is 5.23. The molecule has 6 N–H and O–H groups in total. The summed E-state index contributed by atoms with van der Waals surface area (Å²) < 4.78 is 0. The molecule has 0 fully saturated rings. The maximum absolute atomic E-state index is 11.9. The predicted octanol–water partition coefficient (Wildman–Crippen LogP) is -0.949. The van der Waals surface area contributed by atoms with Crippen molar-refractivity contribution in [1.82, 2.24) is 15.5 Å². The highest BCUT2D eigenvalue weighted by Gasteiger charge is 2.17. The van der Waals surface area contributed by atoms with Gasteiger partial charge in [0.15, 0.2) is 0 Å². The van der Waals surface area contributed by atoms with Gasteiger partial charge < -0.3 is 22.1 Å². The lowest BCUT2D eigenvalue weighted by molar-refractivity contribution is -0.125. The molecule has 0 rings (SSSR count). The van der Waals surface area contributed by atoms with E-state index in [1.165, 1.54) is 0 Å². The normalized spacial score (nSPS) is 12.0. The van der Waals surface area contributed by atoms with Gasteiger partial charge in [0.25, 0.3) is 0 Å². The van der Waals surface area contributed by atoms with Crippen molar-refractivity contribution in [3.63, 3.8) is 0 Å². The van der Waals surface area contributed by atoms with E-state index in [-0.39, 0.29) is 12.3 Å². The zero-order valence-corrected chi connectivity index (χ0v) is 13.5. The SMILES string of the molecule is C=C(N)C[C@H](NC=O)C(=O)NCCCN(CCN)CSC. The summed E-state index contributed by atoms with van der Waals surface area (Å²) in [5.74, 6) is 0.678. The number of nitrogens with zero attached hydrogens (tertiary/aromatic N) is 1. The van der Waals surface area contributed by atoms with E-state index in [0.717, 1.165) is 25.4 Å². The Kier molecular flexibility index (Phi) is 11.7. The van der Waals surface area contributed by atoms with Crippen molar-refractivity contribution in [3.05, 3.63) is 12.3 Å². The Hall–Kier alpha value is -1.25. The van der Waals surface area contributed by atoms with Gasteiger partial charge in [0.1, 0.15) is 6.04 Å². The number of hydrogen-bond acceptors (Lipinski definition) is 6. The summed E-state index contributed by atoms with van der Waals surface area (Å²) in [6, 6.07) is -0.661. The molecule has 21 heavy (non-hydrogen) atoms. The molecule has 0 saturated heterocycles. The molecule has 0 spiro atoms. The first-order valence-electron chi connectivity index (χ1n) is 6.87. The second-order valence-corrected chi connectivity index (χ2v) is 5.50. The summed E-state index contributed by atoms with van der Waals surface area (Å²) in [7, 11) is 0. The van der Waals surface area contributed by atoms with Crippen LogP contribution in [0.1, 0.15) is 12.8 Å². The van der Waals surface area contributed by atoms with Gasteiger partial charge in [-0.15, -0.1) is 11.8 Å². The first-order chi connectivity index (χ1) is 10.0. The topological polar surface area (TPSA) is 113 Å². The minimum Gasteiger partial charge on any atom is -0.402 e. The summed E-state index contributed by atoms with van der Waals surface area (Å²) in [6.07, 6.45) is 3.59. The fourth-order valence-electron chi connectivity index (χ4n) is 1.82. The van der Waals surface area contributed by atoms with Crippen LogP contribution in [0.15, 0.2) is 12.3 Å². The van der Waals surface area contributed by atoms with Gasteiger partial charge in [-0.25, -0.2) is 0 Å². The molecule has 0 bridgehead atoms. The van der Waals surface area contributed by atoms with Gasteiger partial charge in [-0.3, -0.25) is 14.5 Å². The van der Waals surface area contributed by atoms with E-state index in [0.29, 0.717) is 25.2 Å². The van der Waals surface area contributed by atoms with E-state index >= 15 is 0 Å². The molecule has 0 aliphatic rings. The Labute approximate surface area is 130 Å². The van der Waals surface area contributed by atoms with Gasteiger partial charge in [0, 0.05) is 44.2 Å². The summed E-state index contributed by atoms with van der Waals surface area (Å²) in [4.78, 5) is 24.6. The number of thioether (sulfide) groups is 1. The molecular weight excluding hydrogens is 290 g/mol. The predicted molar refractivity (Wildman–Crippen MR) is 87.6 cm³/mol. The molecule has 0 heterocycles. The third kappa shape index (κ3) is 10.2. The van der Waals surface area contributed by atoms with E-state index < -0.39 is 6.04 Å². The van der Waals surface area contributed by atoms with Crippen LogP contribution in [0.3, 0.4) is 0 Å². The summed E-state index contributed by atoms with van der Waals surface area (Å²) in [5.41, 5.74) is 11.4. The minimum absolute atomic E-state index is 0.232. The highest BCUT2D eigenvalue weighted by Crippen LogP contribution is 2.00. The van der Waals surface area contributed by atoms with E-state index in [1.54, 1.807) is 11.8 Å². The monoisotopic (exact) mass is 317 g/mol. The van der Waals surface area contributed by atoms with Crippen molar-refractivity contribution in [3.8, 4) is 0 Å². The highest BCUT2D eigenvalue weighted by atomic mass is 32.2. The Morgan fingerprint density at radius 2 is 2.19 bits per heavy atom. The van der Waals surface area contributed by atoms with Crippen molar-refractivity contribution in [2.45, 2.75) is 18.9 Å². The Bertz CT molecular complexity index is 322. The maximum Gasteiger partial charge on any atom is 0.242 e. The van der Waals surface area contributed by atoms with Crippen molar-refractivity contribution in [1.29, 1.82) is 0 Å². The highest BCUT2D eigenvalue weighted by molar-refractivity contribution is 7.98. The van der Waals surface area contributed by atoms with Crippen LogP contribution in [-0.2, 0) is 9.59 Å².